The van der Waals surface area contributed by atoms with Gasteiger partial charge in [-0.15, -0.1) is 0 Å². The molecule has 3 nitrogen and oxygen atoms in total. The maximum atomic E-state index is 13.0. The van der Waals surface area contributed by atoms with Gasteiger partial charge in [-0.3, -0.25) is 4.79 Å². The number of halogens is 2. The highest BCUT2D eigenvalue weighted by Gasteiger charge is 2.42. The molecule has 1 aliphatic rings. The first kappa shape index (κ1) is 18.6. The predicted octanol–water partition coefficient (Wildman–Crippen LogP) is 4.59. The molecule has 2 rings (SSSR count). The summed E-state index contributed by atoms with van der Waals surface area (Å²) in [5, 5.41) is 4.23. The van der Waals surface area contributed by atoms with Gasteiger partial charge in [0.15, 0.2) is 0 Å². The monoisotopic (exact) mass is 357 g/mol. The molecule has 1 aromatic rings. The number of benzene rings is 1. The molecular weight excluding hydrogens is 333 g/mol. The van der Waals surface area contributed by atoms with Crippen LogP contribution in [-0.2, 0) is 14.9 Å². The maximum Gasteiger partial charge on any atom is 0.230 e. The molecule has 1 amide bonds. The van der Waals surface area contributed by atoms with Crippen LogP contribution < -0.4 is 5.32 Å². The summed E-state index contributed by atoms with van der Waals surface area (Å²) < 4.78 is 5.47. The van der Waals surface area contributed by atoms with Gasteiger partial charge in [-0.05, 0) is 42.4 Å². The Kier molecular flexibility index (Phi) is 5.99. The Hall–Kier alpha value is -0.770. The van der Waals surface area contributed by atoms with Crippen LogP contribution >= 0.6 is 23.2 Å². The van der Waals surface area contributed by atoms with Gasteiger partial charge in [-0.25, -0.2) is 0 Å². The summed E-state index contributed by atoms with van der Waals surface area (Å²) in [6.07, 6.45) is 2.20. The van der Waals surface area contributed by atoms with Crippen LogP contribution in [0.4, 0.5) is 0 Å². The zero-order chi connectivity index (χ0) is 17.1. The zero-order valence-electron chi connectivity index (χ0n) is 14.0. The van der Waals surface area contributed by atoms with Gasteiger partial charge in [0.1, 0.15) is 0 Å². The lowest BCUT2D eigenvalue weighted by atomic mass is 9.73. The lowest BCUT2D eigenvalue weighted by molar-refractivity contribution is -0.130. The Bertz CT molecular complexity index is 561. The molecule has 128 valence electrons. The van der Waals surface area contributed by atoms with Gasteiger partial charge in [0.25, 0.3) is 0 Å². The lowest BCUT2D eigenvalue weighted by Crippen LogP contribution is -2.48. The molecule has 0 radical (unpaired) electrons. The number of hydrogen-bond donors (Lipinski definition) is 1. The molecule has 1 N–H and O–H groups in total. The fraction of sp³-hybridized carbons (Fsp3) is 0.611. The number of hydrogen-bond acceptors (Lipinski definition) is 2. The second kappa shape index (κ2) is 7.42. The molecule has 0 spiro atoms. The standard InChI is InChI=1S/C18H25Cl2NO2/c1-17(2,3)6-9-21-16(22)18(7-10-23-11-8-18)14-5-4-13(19)12-15(14)20/h4-5,12H,6-11H2,1-3H3,(H,21,22). The molecule has 1 aromatic carbocycles. The molecule has 0 bridgehead atoms. The molecule has 0 aliphatic carbocycles. The molecule has 0 atom stereocenters. The quantitative estimate of drug-likeness (QED) is 0.855. The van der Waals surface area contributed by atoms with Crippen LogP contribution in [0, 0.1) is 5.41 Å². The van der Waals surface area contributed by atoms with E-state index < -0.39 is 5.41 Å². The largest absolute Gasteiger partial charge is 0.381 e. The Balaban J connectivity index is 2.23. The van der Waals surface area contributed by atoms with E-state index >= 15 is 0 Å². The molecule has 1 fully saturated rings. The highest BCUT2D eigenvalue weighted by Crippen LogP contribution is 2.40. The van der Waals surface area contributed by atoms with Gasteiger partial charge >= 0.3 is 0 Å². The number of ether oxygens (including phenoxy) is 1. The lowest BCUT2D eigenvalue weighted by Gasteiger charge is -2.37. The van der Waals surface area contributed by atoms with Crippen LogP contribution in [0.25, 0.3) is 0 Å². The Labute approximate surface area is 148 Å². The summed E-state index contributed by atoms with van der Waals surface area (Å²) in [6, 6.07) is 5.37. The van der Waals surface area contributed by atoms with Crippen molar-refractivity contribution in [1.82, 2.24) is 5.32 Å². The summed E-state index contributed by atoms with van der Waals surface area (Å²) in [6.45, 7) is 8.28. The Morgan fingerprint density at radius 1 is 1.26 bits per heavy atom. The van der Waals surface area contributed by atoms with Gasteiger partial charge in [0, 0.05) is 29.8 Å². The molecule has 1 heterocycles. The van der Waals surface area contributed by atoms with Gasteiger partial charge in [-0.2, -0.15) is 0 Å². The molecule has 0 saturated carbocycles. The first-order valence-electron chi connectivity index (χ1n) is 8.06. The highest BCUT2D eigenvalue weighted by atomic mass is 35.5. The second-order valence-corrected chi connectivity index (χ2v) is 8.23. The number of rotatable bonds is 4. The van der Waals surface area contributed by atoms with Crippen LogP contribution in [0.3, 0.4) is 0 Å². The smallest absolute Gasteiger partial charge is 0.230 e. The highest BCUT2D eigenvalue weighted by molar-refractivity contribution is 6.35. The third kappa shape index (κ3) is 4.62. The molecule has 0 unspecified atom stereocenters. The van der Waals surface area contributed by atoms with Crippen LogP contribution in [0.5, 0.6) is 0 Å². The van der Waals surface area contributed by atoms with E-state index in [1.165, 1.54) is 0 Å². The predicted molar refractivity (Wildman–Crippen MR) is 95.3 cm³/mol. The van der Waals surface area contributed by atoms with Crippen LogP contribution in [-0.4, -0.2) is 25.7 Å². The van der Waals surface area contributed by atoms with Crippen LogP contribution in [0.2, 0.25) is 10.0 Å². The fourth-order valence-electron chi connectivity index (χ4n) is 2.94. The van der Waals surface area contributed by atoms with E-state index in [2.05, 4.69) is 26.1 Å². The minimum atomic E-state index is -0.627. The molecule has 1 saturated heterocycles. The topological polar surface area (TPSA) is 38.3 Å². The van der Waals surface area contributed by atoms with Crippen molar-refractivity contribution in [1.29, 1.82) is 0 Å². The number of carbonyl (C=O) groups excluding carboxylic acids is 1. The van der Waals surface area contributed by atoms with E-state index in [1.807, 2.05) is 6.07 Å². The SMILES string of the molecule is CC(C)(C)CCNC(=O)C1(c2ccc(Cl)cc2Cl)CCOCC1. The Morgan fingerprint density at radius 3 is 2.48 bits per heavy atom. The van der Waals surface area contributed by atoms with Crippen LogP contribution in [0.1, 0.15) is 45.6 Å². The van der Waals surface area contributed by atoms with Gasteiger partial charge < -0.3 is 10.1 Å². The number of carbonyl (C=O) groups is 1. The zero-order valence-corrected chi connectivity index (χ0v) is 15.6. The number of amides is 1. The van der Waals surface area contributed by atoms with Crippen molar-refractivity contribution >= 4 is 29.1 Å². The van der Waals surface area contributed by atoms with E-state index in [1.54, 1.807) is 12.1 Å². The van der Waals surface area contributed by atoms with Crippen molar-refractivity contribution in [3.8, 4) is 0 Å². The maximum absolute atomic E-state index is 13.0. The molecule has 5 heteroatoms. The van der Waals surface area contributed by atoms with Crippen molar-refractivity contribution in [2.24, 2.45) is 5.41 Å². The summed E-state index contributed by atoms with van der Waals surface area (Å²) in [4.78, 5) is 13.0. The minimum Gasteiger partial charge on any atom is -0.381 e. The molecule has 1 aliphatic heterocycles. The van der Waals surface area contributed by atoms with Crippen molar-refractivity contribution < 1.29 is 9.53 Å². The average molecular weight is 358 g/mol. The van der Waals surface area contributed by atoms with Crippen LogP contribution in [0.15, 0.2) is 18.2 Å². The first-order chi connectivity index (χ1) is 10.7. The second-order valence-electron chi connectivity index (χ2n) is 7.39. The normalized spacial score (nSPS) is 17.8. The van der Waals surface area contributed by atoms with Crippen molar-refractivity contribution in [2.45, 2.75) is 45.4 Å². The van der Waals surface area contributed by atoms with E-state index in [0.717, 1.165) is 12.0 Å². The Morgan fingerprint density at radius 2 is 1.91 bits per heavy atom. The van der Waals surface area contributed by atoms with Crippen molar-refractivity contribution in [3.63, 3.8) is 0 Å². The average Bonchev–Trinajstić information content (AvgIpc) is 2.46. The van der Waals surface area contributed by atoms with Crippen molar-refractivity contribution in [3.05, 3.63) is 33.8 Å². The first-order valence-corrected chi connectivity index (χ1v) is 8.82. The number of nitrogens with one attached hydrogen (secondary N) is 1. The summed E-state index contributed by atoms with van der Waals surface area (Å²) in [7, 11) is 0. The third-order valence-corrected chi connectivity index (χ3v) is 4.94. The van der Waals surface area contributed by atoms with E-state index in [4.69, 9.17) is 27.9 Å². The minimum absolute atomic E-state index is 0.0364. The molecule has 0 aromatic heterocycles. The fourth-order valence-corrected chi connectivity index (χ4v) is 3.53. The summed E-state index contributed by atoms with van der Waals surface area (Å²) in [5.74, 6) is 0.0364. The van der Waals surface area contributed by atoms with E-state index in [-0.39, 0.29) is 11.3 Å². The van der Waals surface area contributed by atoms with E-state index in [9.17, 15) is 4.79 Å². The van der Waals surface area contributed by atoms with Crippen molar-refractivity contribution in [2.75, 3.05) is 19.8 Å². The molecule has 23 heavy (non-hydrogen) atoms. The summed E-state index contributed by atoms with van der Waals surface area (Å²) in [5.41, 5.74) is 0.409. The third-order valence-electron chi connectivity index (χ3n) is 4.39. The van der Waals surface area contributed by atoms with Gasteiger partial charge in [0.2, 0.25) is 5.91 Å². The summed E-state index contributed by atoms with van der Waals surface area (Å²) >= 11 is 12.4. The van der Waals surface area contributed by atoms with Gasteiger partial charge in [-0.1, -0.05) is 50.0 Å². The molecular formula is C18H25Cl2NO2. The van der Waals surface area contributed by atoms with Gasteiger partial charge in [0.05, 0.1) is 5.41 Å². The van der Waals surface area contributed by atoms with E-state index in [0.29, 0.717) is 42.6 Å².